The maximum atomic E-state index is 13.3. The van der Waals surface area contributed by atoms with Gasteiger partial charge in [-0.15, -0.1) is 0 Å². The molecule has 0 saturated heterocycles. The molecule has 2 aliphatic rings. The standard InChI is InChI=1S/C23H21FN4O2/c24-15-6-12-18(13-7-15)28-20-3-1-2-19(20)21(27-28)23(30)26-16-8-4-14(5-9-16)22(29)25-17-10-11-17/h4-9,12-13,17H,1-3,10-11H2,(H,25,29)(H,26,30). The Labute approximate surface area is 173 Å². The first-order valence-corrected chi connectivity index (χ1v) is 10.2. The molecule has 2 aliphatic carbocycles. The van der Waals surface area contributed by atoms with Crippen molar-refractivity contribution in [1.29, 1.82) is 0 Å². The minimum atomic E-state index is -0.310. The topological polar surface area (TPSA) is 76.0 Å². The summed E-state index contributed by atoms with van der Waals surface area (Å²) in [5.41, 5.74) is 4.24. The van der Waals surface area contributed by atoms with Crippen molar-refractivity contribution in [3.8, 4) is 5.69 Å². The van der Waals surface area contributed by atoms with Crippen molar-refractivity contribution in [1.82, 2.24) is 15.1 Å². The molecule has 1 aromatic heterocycles. The number of halogens is 1. The van der Waals surface area contributed by atoms with Gasteiger partial charge in [0.2, 0.25) is 0 Å². The summed E-state index contributed by atoms with van der Waals surface area (Å²) >= 11 is 0. The Morgan fingerprint density at radius 3 is 2.40 bits per heavy atom. The molecule has 0 aliphatic heterocycles. The van der Waals surface area contributed by atoms with Gasteiger partial charge in [0.05, 0.1) is 5.69 Å². The maximum absolute atomic E-state index is 13.3. The van der Waals surface area contributed by atoms with Crippen molar-refractivity contribution in [2.45, 2.75) is 38.1 Å². The smallest absolute Gasteiger partial charge is 0.276 e. The lowest BCUT2D eigenvalue weighted by atomic mass is 10.1. The maximum Gasteiger partial charge on any atom is 0.276 e. The van der Waals surface area contributed by atoms with Gasteiger partial charge in [0.15, 0.2) is 5.69 Å². The van der Waals surface area contributed by atoms with Gasteiger partial charge < -0.3 is 10.6 Å². The van der Waals surface area contributed by atoms with Crippen LogP contribution >= 0.6 is 0 Å². The van der Waals surface area contributed by atoms with Gasteiger partial charge >= 0.3 is 0 Å². The Kier molecular flexibility index (Phi) is 4.58. The fourth-order valence-corrected chi connectivity index (χ4v) is 3.81. The third-order valence-electron chi connectivity index (χ3n) is 5.53. The molecule has 2 aromatic carbocycles. The molecule has 6 nitrogen and oxygen atoms in total. The van der Waals surface area contributed by atoms with E-state index < -0.39 is 0 Å². The van der Waals surface area contributed by atoms with Crippen molar-refractivity contribution in [3.63, 3.8) is 0 Å². The van der Waals surface area contributed by atoms with Crippen LogP contribution in [0.25, 0.3) is 5.69 Å². The average molecular weight is 404 g/mol. The molecule has 0 atom stereocenters. The molecule has 0 bridgehead atoms. The average Bonchev–Trinajstić information content (AvgIpc) is 3.30. The number of hydrogen-bond donors (Lipinski definition) is 2. The van der Waals surface area contributed by atoms with E-state index >= 15 is 0 Å². The number of amides is 2. The summed E-state index contributed by atoms with van der Waals surface area (Å²) in [4.78, 5) is 25.0. The molecule has 30 heavy (non-hydrogen) atoms. The summed E-state index contributed by atoms with van der Waals surface area (Å²) < 4.78 is 15.0. The predicted octanol–water partition coefficient (Wildman–Crippen LogP) is 3.64. The number of anilines is 1. The number of fused-ring (bicyclic) bond motifs is 1. The molecule has 1 heterocycles. The van der Waals surface area contributed by atoms with Crippen LogP contribution in [0.4, 0.5) is 10.1 Å². The largest absolute Gasteiger partial charge is 0.349 e. The Morgan fingerprint density at radius 2 is 1.70 bits per heavy atom. The van der Waals surface area contributed by atoms with Gasteiger partial charge in [0.25, 0.3) is 11.8 Å². The lowest BCUT2D eigenvalue weighted by Crippen LogP contribution is -2.25. The van der Waals surface area contributed by atoms with E-state index in [2.05, 4.69) is 15.7 Å². The molecule has 1 saturated carbocycles. The highest BCUT2D eigenvalue weighted by molar-refractivity contribution is 6.04. The Bertz CT molecular complexity index is 1120. The molecule has 152 valence electrons. The summed E-state index contributed by atoms with van der Waals surface area (Å²) in [6.07, 6.45) is 4.65. The van der Waals surface area contributed by atoms with Gasteiger partial charge in [-0.05, 0) is 80.6 Å². The molecule has 7 heteroatoms. The predicted molar refractivity (Wildman–Crippen MR) is 110 cm³/mol. The number of aromatic nitrogens is 2. The van der Waals surface area contributed by atoms with Crippen LogP contribution in [0.1, 0.15) is 51.4 Å². The number of nitrogens with zero attached hydrogens (tertiary/aromatic N) is 2. The van der Waals surface area contributed by atoms with E-state index in [0.717, 1.165) is 49.0 Å². The van der Waals surface area contributed by atoms with Gasteiger partial charge in [-0.3, -0.25) is 9.59 Å². The molecular weight excluding hydrogens is 383 g/mol. The van der Waals surface area contributed by atoms with Gasteiger partial charge in [-0.2, -0.15) is 5.10 Å². The van der Waals surface area contributed by atoms with Gasteiger partial charge in [-0.1, -0.05) is 0 Å². The van der Waals surface area contributed by atoms with Crippen LogP contribution in [0.15, 0.2) is 48.5 Å². The lowest BCUT2D eigenvalue weighted by molar-refractivity contribution is 0.0950. The van der Waals surface area contributed by atoms with E-state index in [1.807, 2.05) is 0 Å². The van der Waals surface area contributed by atoms with Crippen LogP contribution < -0.4 is 10.6 Å². The van der Waals surface area contributed by atoms with Crippen LogP contribution in [0, 0.1) is 5.82 Å². The second-order valence-electron chi connectivity index (χ2n) is 7.79. The van der Waals surface area contributed by atoms with Crippen molar-refractivity contribution in [2.75, 3.05) is 5.32 Å². The van der Waals surface area contributed by atoms with Crippen molar-refractivity contribution in [3.05, 3.63) is 76.9 Å². The fraction of sp³-hybridized carbons (Fsp3) is 0.261. The van der Waals surface area contributed by atoms with Gasteiger partial charge in [0, 0.05) is 28.6 Å². The molecule has 2 N–H and O–H groups in total. The van der Waals surface area contributed by atoms with Crippen LogP contribution in [-0.2, 0) is 12.8 Å². The molecule has 3 aromatic rings. The Hall–Kier alpha value is -3.48. The van der Waals surface area contributed by atoms with E-state index in [4.69, 9.17) is 0 Å². The van der Waals surface area contributed by atoms with Gasteiger partial charge in [-0.25, -0.2) is 9.07 Å². The van der Waals surface area contributed by atoms with Crippen LogP contribution in [0.2, 0.25) is 0 Å². The minimum Gasteiger partial charge on any atom is -0.349 e. The van der Waals surface area contributed by atoms with E-state index in [1.54, 1.807) is 41.1 Å². The van der Waals surface area contributed by atoms with Crippen LogP contribution in [0.3, 0.4) is 0 Å². The molecule has 0 unspecified atom stereocenters. The molecule has 1 fully saturated rings. The van der Waals surface area contributed by atoms with E-state index in [1.165, 1.54) is 12.1 Å². The van der Waals surface area contributed by atoms with Crippen LogP contribution in [0.5, 0.6) is 0 Å². The SMILES string of the molecule is O=C(NC1CC1)c1ccc(NC(=O)c2nn(-c3ccc(F)cc3)c3c2CCC3)cc1. The second kappa shape index (κ2) is 7.40. The second-order valence-corrected chi connectivity index (χ2v) is 7.79. The van der Waals surface area contributed by atoms with E-state index in [0.29, 0.717) is 23.0 Å². The zero-order chi connectivity index (χ0) is 20.7. The summed E-state index contributed by atoms with van der Waals surface area (Å²) in [5.74, 6) is -0.690. The third kappa shape index (κ3) is 3.58. The normalized spacial score (nSPS) is 15.0. The Morgan fingerprint density at radius 1 is 0.967 bits per heavy atom. The Balaban J connectivity index is 1.35. The highest BCUT2D eigenvalue weighted by Crippen LogP contribution is 2.28. The first-order chi connectivity index (χ1) is 14.6. The molecule has 0 spiro atoms. The highest BCUT2D eigenvalue weighted by Gasteiger charge is 2.27. The number of carbonyl (C=O) groups is 2. The van der Waals surface area contributed by atoms with Crippen molar-refractivity contribution in [2.24, 2.45) is 0 Å². The summed E-state index contributed by atoms with van der Waals surface area (Å²) in [5, 5.41) is 10.3. The monoisotopic (exact) mass is 404 g/mol. The lowest BCUT2D eigenvalue weighted by Gasteiger charge is -2.07. The number of hydrogen-bond acceptors (Lipinski definition) is 3. The summed E-state index contributed by atoms with van der Waals surface area (Å²) in [6, 6.07) is 13.2. The number of nitrogens with one attached hydrogen (secondary N) is 2. The zero-order valence-electron chi connectivity index (χ0n) is 16.3. The molecule has 0 radical (unpaired) electrons. The quantitative estimate of drug-likeness (QED) is 0.682. The van der Waals surface area contributed by atoms with Crippen molar-refractivity contribution >= 4 is 17.5 Å². The first-order valence-electron chi connectivity index (χ1n) is 10.2. The zero-order valence-corrected chi connectivity index (χ0v) is 16.3. The van der Waals surface area contributed by atoms with Crippen LogP contribution in [-0.4, -0.2) is 27.6 Å². The minimum absolute atomic E-state index is 0.0914. The van der Waals surface area contributed by atoms with E-state index in [9.17, 15) is 14.0 Å². The summed E-state index contributed by atoms with van der Waals surface area (Å²) in [7, 11) is 0. The van der Waals surface area contributed by atoms with E-state index in [-0.39, 0.29) is 17.6 Å². The molecular formula is C23H21FN4O2. The first kappa shape index (κ1) is 18.5. The number of benzene rings is 2. The van der Waals surface area contributed by atoms with Gasteiger partial charge in [0.1, 0.15) is 5.82 Å². The number of rotatable bonds is 5. The molecule has 2 amide bonds. The molecule has 5 rings (SSSR count). The fourth-order valence-electron chi connectivity index (χ4n) is 3.81. The number of carbonyl (C=O) groups excluding carboxylic acids is 2. The highest BCUT2D eigenvalue weighted by atomic mass is 19.1. The van der Waals surface area contributed by atoms with Crippen molar-refractivity contribution < 1.29 is 14.0 Å². The summed E-state index contributed by atoms with van der Waals surface area (Å²) in [6.45, 7) is 0. The third-order valence-corrected chi connectivity index (χ3v) is 5.53.